The van der Waals surface area contributed by atoms with Crippen LogP contribution in [0.25, 0.3) is 17.0 Å². The van der Waals surface area contributed by atoms with Crippen molar-refractivity contribution in [2.75, 3.05) is 18.4 Å². The number of pyridine rings is 1. The molecule has 1 saturated heterocycles. The zero-order valence-electron chi connectivity index (χ0n) is 19.8. The van der Waals surface area contributed by atoms with Crippen LogP contribution in [0.15, 0.2) is 77.0 Å². The minimum absolute atomic E-state index is 0.0741. The molecule has 2 aromatic heterocycles. The van der Waals surface area contributed by atoms with E-state index in [2.05, 4.69) is 28.5 Å². The summed E-state index contributed by atoms with van der Waals surface area (Å²) in [4.78, 5) is 18.3. The number of carbonyl (C=O) groups excluding carboxylic acids is 1. The molecule has 0 bridgehead atoms. The Morgan fingerprint density at radius 1 is 1.16 bits per heavy atom. The molecule has 1 N–H and O–H groups in total. The quantitative estimate of drug-likeness (QED) is 0.321. The number of hydrogen-bond acceptors (Lipinski definition) is 5. The lowest BCUT2D eigenvalue weighted by Crippen LogP contribution is -2.42. The number of hydrogen-bond donors (Lipinski definition) is 1. The SMILES string of the molecule is CC1CN(C(=O)Nc2onc3ccccc23)CCC1=Cc1cccc(Oc2ccc(C(F)(F)F)cn2)c1. The average molecular weight is 509 g/mol. The van der Waals surface area contributed by atoms with Gasteiger partial charge in [-0.25, -0.2) is 9.78 Å². The summed E-state index contributed by atoms with van der Waals surface area (Å²) in [6, 6.07) is 16.5. The lowest BCUT2D eigenvalue weighted by molar-refractivity contribution is -0.137. The van der Waals surface area contributed by atoms with Crippen LogP contribution in [0, 0.1) is 5.92 Å². The zero-order chi connectivity index (χ0) is 26.0. The van der Waals surface area contributed by atoms with Gasteiger partial charge >= 0.3 is 12.2 Å². The van der Waals surface area contributed by atoms with Crippen LogP contribution in [0.5, 0.6) is 11.6 Å². The molecule has 0 saturated carbocycles. The Morgan fingerprint density at radius 2 is 2.00 bits per heavy atom. The van der Waals surface area contributed by atoms with E-state index in [9.17, 15) is 18.0 Å². The number of fused-ring (bicyclic) bond motifs is 1. The number of carbonyl (C=O) groups is 1. The Labute approximate surface area is 210 Å². The molecule has 0 spiro atoms. The van der Waals surface area contributed by atoms with Crippen molar-refractivity contribution in [2.45, 2.75) is 19.5 Å². The first-order valence-electron chi connectivity index (χ1n) is 11.7. The minimum atomic E-state index is -4.45. The van der Waals surface area contributed by atoms with Gasteiger partial charge in [0.15, 0.2) is 0 Å². The third kappa shape index (κ3) is 5.58. The van der Waals surface area contributed by atoms with Crippen LogP contribution in [0.4, 0.5) is 23.8 Å². The molecule has 1 fully saturated rings. The van der Waals surface area contributed by atoms with Crippen LogP contribution in [0.3, 0.4) is 0 Å². The van der Waals surface area contributed by atoms with E-state index in [4.69, 9.17) is 9.26 Å². The molecule has 37 heavy (non-hydrogen) atoms. The summed E-state index contributed by atoms with van der Waals surface area (Å²) in [6.45, 7) is 3.14. The molecule has 10 heteroatoms. The fraction of sp³-hybridized carbons (Fsp3) is 0.222. The second-order valence-electron chi connectivity index (χ2n) is 8.83. The summed E-state index contributed by atoms with van der Waals surface area (Å²) in [5.74, 6) is 0.983. The van der Waals surface area contributed by atoms with Crippen molar-refractivity contribution in [3.8, 4) is 11.6 Å². The highest BCUT2D eigenvalue weighted by atomic mass is 19.4. The van der Waals surface area contributed by atoms with E-state index >= 15 is 0 Å². The molecule has 1 aliphatic heterocycles. The highest BCUT2D eigenvalue weighted by Gasteiger charge is 2.30. The van der Waals surface area contributed by atoms with Gasteiger partial charge in [-0.3, -0.25) is 5.32 Å². The number of halogens is 3. The van der Waals surface area contributed by atoms with Crippen molar-refractivity contribution >= 4 is 28.9 Å². The number of urea groups is 1. The van der Waals surface area contributed by atoms with Gasteiger partial charge in [0.25, 0.3) is 0 Å². The van der Waals surface area contributed by atoms with Crippen molar-refractivity contribution in [1.82, 2.24) is 15.0 Å². The van der Waals surface area contributed by atoms with Crippen LogP contribution in [0.1, 0.15) is 24.5 Å². The van der Waals surface area contributed by atoms with E-state index in [1.165, 1.54) is 11.6 Å². The Hall–Kier alpha value is -4.34. The largest absolute Gasteiger partial charge is 0.439 e. The highest BCUT2D eigenvalue weighted by molar-refractivity contribution is 5.97. The minimum Gasteiger partial charge on any atom is -0.439 e. The summed E-state index contributed by atoms with van der Waals surface area (Å²) in [5.41, 5.74) is 1.91. The number of amides is 2. The summed E-state index contributed by atoms with van der Waals surface area (Å²) < 4.78 is 49.2. The normalized spacial score (nSPS) is 17.2. The third-order valence-electron chi connectivity index (χ3n) is 6.19. The summed E-state index contributed by atoms with van der Waals surface area (Å²) in [6.07, 6.45) is -0.958. The standard InChI is InChI=1S/C27H23F3N4O3/c1-17-16-34(26(35)32-25-22-7-2-3-8-23(22)33-37-25)12-11-19(17)13-18-5-4-6-21(14-18)36-24-10-9-20(15-31-24)27(28,29)30/h2-10,13-15,17H,11-12,16H2,1H3,(H,32,35). The van der Waals surface area contributed by atoms with Crippen molar-refractivity contribution in [2.24, 2.45) is 5.92 Å². The van der Waals surface area contributed by atoms with Gasteiger partial charge in [-0.2, -0.15) is 13.2 Å². The molecular weight excluding hydrogens is 485 g/mol. The number of piperidine rings is 1. The Balaban J connectivity index is 1.22. The van der Waals surface area contributed by atoms with E-state index in [1.807, 2.05) is 30.3 Å². The average Bonchev–Trinajstić information content (AvgIpc) is 3.28. The second kappa shape index (κ2) is 9.96. The highest BCUT2D eigenvalue weighted by Crippen LogP contribution is 2.31. The maximum atomic E-state index is 12.8. The predicted molar refractivity (Wildman–Crippen MR) is 132 cm³/mol. The van der Waals surface area contributed by atoms with E-state index in [0.29, 0.717) is 36.7 Å². The van der Waals surface area contributed by atoms with Gasteiger partial charge in [-0.05, 0) is 48.2 Å². The number of benzene rings is 2. The van der Waals surface area contributed by atoms with Crippen molar-refractivity contribution < 1.29 is 27.2 Å². The molecule has 1 unspecified atom stereocenters. The van der Waals surface area contributed by atoms with Gasteiger partial charge < -0.3 is 14.2 Å². The molecular formula is C27H23F3N4O3. The maximum absolute atomic E-state index is 12.8. The third-order valence-corrected chi connectivity index (χ3v) is 6.19. The van der Waals surface area contributed by atoms with Crippen LogP contribution < -0.4 is 10.1 Å². The number of rotatable bonds is 4. The molecule has 2 aromatic carbocycles. The molecule has 2 amide bonds. The number of likely N-dealkylation sites (tertiary alicyclic amines) is 1. The van der Waals surface area contributed by atoms with E-state index in [1.54, 1.807) is 23.1 Å². The predicted octanol–water partition coefficient (Wildman–Crippen LogP) is 6.99. The molecule has 1 aliphatic rings. The molecule has 7 nitrogen and oxygen atoms in total. The Bertz CT molecular complexity index is 1450. The fourth-order valence-corrected chi connectivity index (χ4v) is 4.22. The molecule has 190 valence electrons. The number of alkyl halides is 3. The lowest BCUT2D eigenvalue weighted by Gasteiger charge is -2.33. The maximum Gasteiger partial charge on any atom is 0.417 e. The lowest BCUT2D eigenvalue weighted by atomic mass is 9.91. The molecule has 0 aliphatic carbocycles. The van der Waals surface area contributed by atoms with E-state index < -0.39 is 11.7 Å². The first kappa shape index (κ1) is 24.4. The molecule has 1 atom stereocenters. The van der Waals surface area contributed by atoms with Crippen LogP contribution in [0.2, 0.25) is 0 Å². The molecule has 3 heterocycles. The molecule has 4 aromatic rings. The Morgan fingerprint density at radius 3 is 2.76 bits per heavy atom. The van der Waals surface area contributed by atoms with Gasteiger partial charge in [0.2, 0.25) is 11.8 Å². The van der Waals surface area contributed by atoms with Crippen molar-refractivity contribution in [3.63, 3.8) is 0 Å². The first-order valence-corrected chi connectivity index (χ1v) is 11.7. The van der Waals surface area contributed by atoms with Gasteiger partial charge in [0, 0.05) is 25.4 Å². The fourth-order valence-electron chi connectivity index (χ4n) is 4.22. The van der Waals surface area contributed by atoms with Gasteiger partial charge in [0.05, 0.1) is 10.9 Å². The van der Waals surface area contributed by atoms with Crippen LogP contribution >= 0.6 is 0 Å². The van der Waals surface area contributed by atoms with Crippen LogP contribution in [-0.2, 0) is 6.18 Å². The van der Waals surface area contributed by atoms with E-state index in [0.717, 1.165) is 23.2 Å². The number of anilines is 1. The first-order chi connectivity index (χ1) is 17.8. The number of aromatic nitrogens is 2. The smallest absolute Gasteiger partial charge is 0.417 e. The molecule has 0 radical (unpaired) electrons. The monoisotopic (exact) mass is 508 g/mol. The van der Waals surface area contributed by atoms with Gasteiger partial charge in [-0.15, -0.1) is 0 Å². The summed E-state index contributed by atoms with van der Waals surface area (Å²) >= 11 is 0. The van der Waals surface area contributed by atoms with Gasteiger partial charge in [0.1, 0.15) is 11.3 Å². The van der Waals surface area contributed by atoms with Crippen molar-refractivity contribution in [1.29, 1.82) is 0 Å². The zero-order valence-corrected chi connectivity index (χ0v) is 19.8. The molecule has 5 rings (SSSR count). The van der Waals surface area contributed by atoms with Crippen molar-refractivity contribution in [3.05, 3.63) is 83.6 Å². The number of nitrogens with one attached hydrogen (secondary N) is 1. The summed E-state index contributed by atoms with van der Waals surface area (Å²) in [5, 5.41) is 7.52. The van der Waals surface area contributed by atoms with E-state index in [-0.39, 0.29) is 17.8 Å². The number of nitrogens with zero attached hydrogens (tertiary/aromatic N) is 3. The Kier molecular flexibility index (Phi) is 6.56. The number of ether oxygens (including phenoxy) is 1. The topological polar surface area (TPSA) is 80.5 Å². The van der Waals surface area contributed by atoms with Gasteiger partial charge in [-0.1, -0.05) is 48.0 Å². The van der Waals surface area contributed by atoms with Crippen LogP contribution in [-0.4, -0.2) is 34.2 Å². The second-order valence-corrected chi connectivity index (χ2v) is 8.83. The summed E-state index contributed by atoms with van der Waals surface area (Å²) in [7, 11) is 0.